The van der Waals surface area contributed by atoms with E-state index in [0.29, 0.717) is 8.45 Å². The van der Waals surface area contributed by atoms with Crippen LogP contribution in [0.2, 0.25) is 10.5 Å². The molecule has 0 saturated carbocycles. The van der Waals surface area contributed by atoms with E-state index in [4.69, 9.17) is 0 Å². The average molecular weight is 567 g/mol. The van der Waals surface area contributed by atoms with Crippen LogP contribution >= 0.6 is 24.8 Å². The summed E-state index contributed by atoms with van der Waals surface area (Å²) in [5.74, 6) is 0. The van der Waals surface area contributed by atoms with E-state index >= 15 is 0 Å². The van der Waals surface area contributed by atoms with Crippen molar-refractivity contribution in [2.45, 2.75) is 45.6 Å². The average Bonchev–Trinajstić information content (AvgIpc) is 3.44. The fourth-order valence-electron chi connectivity index (χ4n) is 7.40. The van der Waals surface area contributed by atoms with E-state index in [9.17, 15) is 0 Å². The molecule has 0 N–H and O–H groups in total. The summed E-state index contributed by atoms with van der Waals surface area (Å²) in [6.07, 6.45) is 7.36. The van der Waals surface area contributed by atoms with E-state index in [2.05, 4.69) is 117 Å². The summed E-state index contributed by atoms with van der Waals surface area (Å²) in [4.78, 5) is 0. The largest absolute Gasteiger partial charge is 0.147 e. The van der Waals surface area contributed by atoms with Gasteiger partial charge in [0.25, 0.3) is 0 Å². The van der Waals surface area contributed by atoms with Crippen LogP contribution in [0.15, 0.2) is 83.9 Å². The molecule has 2 atom stereocenters. The van der Waals surface area contributed by atoms with Crippen LogP contribution in [-0.4, -0.2) is 7.63 Å². The first-order valence-electron chi connectivity index (χ1n) is 12.8. The van der Waals surface area contributed by atoms with Crippen molar-refractivity contribution in [3.05, 3.63) is 106 Å². The third-order valence-electron chi connectivity index (χ3n) is 8.72. The molecule has 2 unspecified atom stereocenters. The van der Waals surface area contributed by atoms with Crippen LogP contribution in [0.5, 0.6) is 0 Å². The second-order valence-corrected chi connectivity index (χ2v) is 31.7. The van der Waals surface area contributed by atoms with E-state index in [1.54, 1.807) is 22.3 Å². The summed E-state index contributed by atoms with van der Waals surface area (Å²) in [5.41, 5.74) is 9.49. The van der Waals surface area contributed by atoms with Gasteiger partial charge in [0.15, 0.2) is 0 Å². The Hall–Kier alpha value is -1.61. The molecule has 0 heterocycles. The summed E-state index contributed by atoms with van der Waals surface area (Å²) >= 11 is -3.27. The van der Waals surface area contributed by atoms with E-state index in [1.807, 2.05) is 0 Å². The molecule has 6 rings (SSSR count). The molecule has 0 nitrogen and oxygen atoms in total. The predicted octanol–water partition coefficient (Wildman–Crippen LogP) is 9.57. The molecule has 4 aromatic carbocycles. The third-order valence-corrected chi connectivity index (χ3v) is 20.1. The van der Waals surface area contributed by atoms with Gasteiger partial charge < -0.3 is 0 Å². The van der Waals surface area contributed by atoms with E-state index in [-0.39, 0.29) is 24.8 Å². The SMILES string of the molecule is CCC1=Cc2ccc3ccccc3c2[CH]1[Ti]([CH3])([CH3])(=[SiH2])[CH]1C(CC)=Cc2ccc3ccccc3c21.Cl.Cl. The molecule has 0 spiro atoms. The van der Waals surface area contributed by atoms with Crippen molar-refractivity contribution in [2.24, 2.45) is 0 Å². The summed E-state index contributed by atoms with van der Waals surface area (Å²) < 4.78 is 1.12. The first-order chi connectivity index (χ1) is 16.3. The van der Waals surface area contributed by atoms with Crippen molar-refractivity contribution in [1.82, 2.24) is 0 Å². The van der Waals surface area contributed by atoms with Gasteiger partial charge >= 0.3 is 207 Å². The molecule has 0 fully saturated rings. The van der Waals surface area contributed by atoms with Crippen molar-refractivity contribution in [2.75, 3.05) is 0 Å². The van der Waals surface area contributed by atoms with Crippen LogP contribution in [0.25, 0.3) is 33.7 Å². The van der Waals surface area contributed by atoms with Crippen LogP contribution in [0.4, 0.5) is 0 Å². The van der Waals surface area contributed by atoms with Gasteiger partial charge in [0.2, 0.25) is 0 Å². The molecule has 0 radical (unpaired) electrons. The molecule has 36 heavy (non-hydrogen) atoms. The Morgan fingerprint density at radius 2 is 1.00 bits per heavy atom. The van der Waals surface area contributed by atoms with Gasteiger partial charge in [0, 0.05) is 0 Å². The van der Waals surface area contributed by atoms with Crippen molar-refractivity contribution < 1.29 is 14.0 Å². The number of allylic oxidation sites excluding steroid dienone is 2. The molecular formula is C32H36Cl2SiTi. The summed E-state index contributed by atoms with van der Waals surface area (Å²) in [7, 11) is 2.45. The van der Waals surface area contributed by atoms with Gasteiger partial charge in [-0.2, -0.15) is 0 Å². The minimum Gasteiger partial charge on any atom is -0.147 e. The number of fused-ring (bicyclic) bond motifs is 6. The minimum atomic E-state index is -3.27. The molecule has 0 amide bonds. The Morgan fingerprint density at radius 1 is 0.611 bits per heavy atom. The van der Waals surface area contributed by atoms with Crippen LogP contribution in [0, 0.1) is 0 Å². The smallest absolute Gasteiger partial charge is 0.147 e. The van der Waals surface area contributed by atoms with Crippen molar-refractivity contribution in [3.63, 3.8) is 0 Å². The Labute approximate surface area is 230 Å². The normalized spacial score (nSPS) is 18.7. The molecule has 0 saturated heterocycles. The molecule has 0 aliphatic heterocycles. The first-order valence-corrected chi connectivity index (χ1v) is 21.8. The zero-order chi connectivity index (χ0) is 23.7. The van der Waals surface area contributed by atoms with Crippen LogP contribution in [0.3, 0.4) is 0 Å². The molecular weight excluding hydrogens is 531 g/mol. The fourth-order valence-corrected chi connectivity index (χ4v) is 20.4. The Kier molecular flexibility index (Phi) is 7.32. The number of halogens is 2. The molecule has 4 aromatic rings. The van der Waals surface area contributed by atoms with Crippen molar-refractivity contribution in [1.29, 1.82) is 0 Å². The summed E-state index contributed by atoms with van der Waals surface area (Å²) in [6.45, 7) is 4.74. The van der Waals surface area contributed by atoms with Crippen molar-refractivity contribution >= 4 is 66.1 Å². The second-order valence-electron chi connectivity index (χ2n) is 11.5. The second kappa shape index (κ2) is 9.61. The zero-order valence-electron chi connectivity index (χ0n) is 21.7. The fraction of sp³-hybridized carbons (Fsp3) is 0.250. The molecule has 186 valence electrons. The summed E-state index contributed by atoms with van der Waals surface area (Å²) in [6, 6.07) is 27.5. The van der Waals surface area contributed by atoms with Crippen molar-refractivity contribution in [3.8, 4) is 0 Å². The monoisotopic (exact) mass is 566 g/mol. The topological polar surface area (TPSA) is 0 Å². The Morgan fingerprint density at radius 3 is 1.39 bits per heavy atom. The maximum Gasteiger partial charge on any atom is -0.147 e. The Balaban J connectivity index is 0.00000152. The predicted molar refractivity (Wildman–Crippen MR) is 165 cm³/mol. The van der Waals surface area contributed by atoms with Gasteiger partial charge in [-0.1, -0.05) is 0 Å². The van der Waals surface area contributed by atoms with Gasteiger partial charge in [-0.3, -0.25) is 0 Å². The molecule has 2 aliphatic rings. The number of hydrogen-bond donors (Lipinski definition) is 0. The molecule has 2 aliphatic carbocycles. The van der Waals surface area contributed by atoms with Gasteiger partial charge in [-0.25, -0.2) is 0 Å². The van der Waals surface area contributed by atoms with Gasteiger partial charge in [0.05, 0.1) is 0 Å². The first kappa shape index (κ1) is 27.4. The van der Waals surface area contributed by atoms with E-state index < -0.39 is 14.0 Å². The molecule has 0 aromatic heterocycles. The third kappa shape index (κ3) is 3.91. The number of hydrogen-bond acceptors (Lipinski definition) is 0. The van der Waals surface area contributed by atoms with Gasteiger partial charge in [-0.15, -0.1) is 24.8 Å². The summed E-state index contributed by atoms with van der Waals surface area (Å²) in [5, 5.41) is 11.2. The van der Waals surface area contributed by atoms with Crippen LogP contribution < -0.4 is 0 Å². The zero-order valence-corrected chi connectivity index (χ0v) is 26.3. The minimum absolute atomic E-state index is 0. The van der Waals surface area contributed by atoms with E-state index in [1.165, 1.54) is 32.7 Å². The maximum absolute atomic E-state index is 3.27. The Bertz CT molecular complexity index is 1510. The standard InChI is InChI=1S/2C15H13.2CH3.2ClH.H2Si.Ti/c2*1-2-11-9-13-8-7-12-5-3-4-6-14(12)15(13)10-11;;;;;;/h2*3-10H,2H2,1H3;2*1H3;2*1H;1H2;. The quantitative estimate of drug-likeness (QED) is 0.216. The number of benzene rings is 4. The molecule has 0 bridgehead atoms. The van der Waals surface area contributed by atoms with Crippen LogP contribution in [0.1, 0.15) is 57.4 Å². The van der Waals surface area contributed by atoms with Gasteiger partial charge in [0.1, 0.15) is 0 Å². The number of rotatable bonds is 4. The molecule has 4 heteroatoms. The van der Waals surface area contributed by atoms with Gasteiger partial charge in [-0.05, 0) is 0 Å². The van der Waals surface area contributed by atoms with Crippen LogP contribution in [-0.2, 0) is 14.0 Å². The van der Waals surface area contributed by atoms with E-state index in [0.717, 1.165) is 12.8 Å². The maximum atomic E-state index is 2.76.